The Hall–Kier alpha value is -0.260. The number of aliphatic hydroxyl groups is 1. The maximum absolute atomic E-state index is 11.1. The molecule has 0 saturated carbocycles. The van der Waals surface area contributed by atoms with Gasteiger partial charge in [-0.05, 0) is 31.3 Å². The molecule has 0 heterocycles. The third-order valence-corrected chi connectivity index (χ3v) is 2.71. The van der Waals surface area contributed by atoms with E-state index in [4.69, 9.17) is 15.6 Å². The average molecular weight is 221 g/mol. The van der Waals surface area contributed by atoms with Crippen molar-refractivity contribution in [2.75, 3.05) is 24.7 Å². The molecule has 5 heteroatoms. The highest BCUT2D eigenvalue weighted by atomic mass is 32.2. The number of nitrogens with two attached hydrogens (primary N) is 1. The van der Waals surface area contributed by atoms with Gasteiger partial charge in [0.2, 0.25) is 0 Å². The fourth-order valence-electron chi connectivity index (χ4n) is 0.846. The van der Waals surface area contributed by atoms with Gasteiger partial charge in [0.05, 0.1) is 6.61 Å². The Labute approximate surface area is 89.2 Å². The minimum absolute atomic E-state index is 0.219. The summed E-state index contributed by atoms with van der Waals surface area (Å²) < 4.78 is 4.77. The zero-order valence-electron chi connectivity index (χ0n) is 8.57. The number of hydrogen-bond donors (Lipinski definition) is 2. The van der Waals surface area contributed by atoms with Crippen LogP contribution in [0.2, 0.25) is 0 Å². The molecule has 0 radical (unpaired) electrons. The van der Waals surface area contributed by atoms with Gasteiger partial charge in [-0.25, -0.2) is 0 Å². The Morgan fingerprint density at radius 1 is 1.57 bits per heavy atom. The van der Waals surface area contributed by atoms with Gasteiger partial charge in [-0.3, -0.25) is 4.79 Å². The Bertz CT molecular complexity index is 155. The van der Waals surface area contributed by atoms with Crippen molar-refractivity contribution in [3.8, 4) is 0 Å². The van der Waals surface area contributed by atoms with Crippen molar-refractivity contribution in [1.29, 1.82) is 0 Å². The largest absolute Gasteiger partial charge is 0.465 e. The van der Waals surface area contributed by atoms with Crippen molar-refractivity contribution in [2.24, 2.45) is 5.73 Å². The fourth-order valence-corrected chi connectivity index (χ4v) is 1.80. The number of carbonyl (C=O) groups is 1. The summed E-state index contributed by atoms with van der Waals surface area (Å²) in [6.07, 6.45) is 1.42. The molecule has 1 atom stereocenters. The Kier molecular flexibility index (Phi) is 9.13. The first-order valence-corrected chi connectivity index (χ1v) is 5.98. The SMILES string of the molecule is CCOC(=O)C(N)CCSCCCO. The maximum atomic E-state index is 11.1. The van der Waals surface area contributed by atoms with Crippen LogP contribution in [-0.4, -0.2) is 41.8 Å². The van der Waals surface area contributed by atoms with Crippen LogP contribution >= 0.6 is 11.8 Å². The Morgan fingerprint density at radius 2 is 2.29 bits per heavy atom. The number of thioether (sulfide) groups is 1. The van der Waals surface area contributed by atoms with Gasteiger partial charge in [-0.15, -0.1) is 0 Å². The summed E-state index contributed by atoms with van der Waals surface area (Å²) in [5, 5.41) is 8.52. The summed E-state index contributed by atoms with van der Waals surface area (Å²) in [5.74, 6) is 1.42. The van der Waals surface area contributed by atoms with Crippen LogP contribution in [0.1, 0.15) is 19.8 Å². The normalized spacial score (nSPS) is 12.5. The highest BCUT2D eigenvalue weighted by Crippen LogP contribution is 2.06. The molecule has 0 rings (SSSR count). The molecule has 4 nitrogen and oxygen atoms in total. The van der Waals surface area contributed by atoms with Gasteiger partial charge in [-0.1, -0.05) is 0 Å². The van der Waals surface area contributed by atoms with Gasteiger partial charge in [-0.2, -0.15) is 11.8 Å². The smallest absolute Gasteiger partial charge is 0.322 e. The van der Waals surface area contributed by atoms with E-state index in [1.165, 1.54) is 0 Å². The molecule has 0 aliphatic heterocycles. The van der Waals surface area contributed by atoms with Gasteiger partial charge < -0.3 is 15.6 Å². The first-order valence-electron chi connectivity index (χ1n) is 4.83. The van der Waals surface area contributed by atoms with Gasteiger partial charge in [0, 0.05) is 6.61 Å². The topological polar surface area (TPSA) is 72.5 Å². The quantitative estimate of drug-likeness (QED) is 0.458. The van der Waals surface area contributed by atoms with E-state index in [1.807, 2.05) is 0 Å². The van der Waals surface area contributed by atoms with Gasteiger partial charge >= 0.3 is 5.97 Å². The van der Waals surface area contributed by atoms with Crippen LogP contribution in [0.5, 0.6) is 0 Å². The first kappa shape index (κ1) is 13.7. The monoisotopic (exact) mass is 221 g/mol. The van der Waals surface area contributed by atoms with Crippen LogP contribution in [0.15, 0.2) is 0 Å². The van der Waals surface area contributed by atoms with E-state index < -0.39 is 6.04 Å². The predicted molar refractivity (Wildman–Crippen MR) is 58.3 cm³/mol. The van der Waals surface area contributed by atoms with Crippen molar-refractivity contribution < 1.29 is 14.6 Å². The molecule has 3 N–H and O–H groups in total. The van der Waals surface area contributed by atoms with Crippen molar-refractivity contribution in [1.82, 2.24) is 0 Å². The summed E-state index contributed by atoms with van der Waals surface area (Å²) in [4.78, 5) is 11.1. The predicted octanol–water partition coefficient (Wildman–Crippen LogP) is 0.382. The molecule has 1 unspecified atom stereocenters. The number of carbonyl (C=O) groups excluding carboxylic acids is 1. The summed E-state index contributed by atoms with van der Waals surface area (Å²) in [7, 11) is 0. The zero-order valence-corrected chi connectivity index (χ0v) is 9.39. The standard InChI is InChI=1S/C9H19NO3S/c1-2-13-9(12)8(10)4-7-14-6-3-5-11/h8,11H,2-7,10H2,1H3. The Balaban J connectivity index is 3.34. The molecule has 0 fully saturated rings. The van der Waals surface area contributed by atoms with E-state index in [-0.39, 0.29) is 12.6 Å². The van der Waals surface area contributed by atoms with Crippen LogP contribution in [0.3, 0.4) is 0 Å². The van der Waals surface area contributed by atoms with Crippen molar-refractivity contribution >= 4 is 17.7 Å². The lowest BCUT2D eigenvalue weighted by molar-refractivity contribution is -0.144. The highest BCUT2D eigenvalue weighted by Gasteiger charge is 2.13. The lowest BCUT2D eigenvalue weighted by atomic mass is 10.2. The molecule has 0 aliphatic carbocycles. The molecule has 0 saturated heterocycles. The number of aliphatic hydroxyl groups excluding tert-OH is 1. The molecule has 0 spiro atoms. The van der Waals surface area contributed by atoms with E-state index in [9.17, 15) is 4.79 Å². The molecule has 0 aromatic heterocycles. The summed E-state index contributed by atoms with van der Waals surface area (Å²) in [6, 6.07) is -0.503. The number of ether oxygens (including phenoxy) is 1. The van der Waals surface area contributed by atoms with Crippen LogP contribution < -0.4 is 5.73 Å². The molecular weight excluding hydrogens is 202 g/mol. The molecule has 14 heavy (non-hydrogen) atoms. The fraction of sp³-hybridized carbons (Fsp3) is 0.889. The van der Waals surface area contributed by atoms with Gasteiger partial charge in [0.25, 0.3) is 0 Å². The molecule has 0 aromatic rings. The van der Waals surface area contributed by atoms with E-state index in [2.05, 4.69) is 0 Å². The second-order valence-corrected chi connectivity index (χ2v) is 4.06. The van der Waals surface area contributed by atoms with Gasteiger partial charge in [0.1, 0.15) is 6.04 Å². The number of hydrogen-bond acceptors (Lipinski definition) is 5. The van der Waals surface area contributed by atoms with Crippen LogP contribution in [0.4, 0.5) is 0 Å². The zero-order chi connectivity index (χ0) is 10.8. The van der Waals surface area contributed by atoms with Crippen LogP contribution in [0.25, 0.3) is 0 Å². The average Bonchev–Trinajstić information content (AvgIpc) is 2.17. The van der Waals surface area contributed by atoms with Crippen molar-refractivity contribution in [3.05, 3.63) is 0 Å². The minimum atomic E-state index is -0.503. The first-order chi connectivity index (χ1) is 6.72. The lowest BCUT2D eigenvalue weighted by Gasteiger charge is -2.09. The van der Waals surface area contributed by atoms with Crippen LogP contribution in [-0.2, 0) is 9.53 Å². The third kappa shape index (κ3) is 7.17. The number of esters is 1. The third-order valence-electron chi connectivity index (χ3n) is 1.61. The maximum Gasteiger partial charge on any atom is 0.322 e. The summed E-state index contributed by atoms with van der Waals surface area (Å²) in [5.41, 5.74) is 5.58. The van der Waals surface area contributed by atoms with E-state index in [0.717, 1.165) is 17.9 Å². The molecular formula is C9H19NO3S. The van der Waals surface area contributed by atoms with E-state index in [0.29, 0.717) is 13.0 Å². The summed E-state index contributed by atoms with van der Waals surface area (Å²) >= 11 is 1.69. The summed E-state index contributed by atoms with van der Waals surface area (Å²) in [6.45, 7) is 2.36. The van der Waals surface area contributed by atoms with Crippen molar-refractivity contribution in [2.45, 2.75) is 25.8 Å². The molecule has 0 amide bonds. The molecule has 0 bridgehead atoms. The minimum Gasteiger partial charge on any atom is -0.465 e. The number of rotatable bonds is 8. The van der Waals surface area contributed by atoms with Crippen LogP contribution in [0, 0.1) is 0 Å². The Morgan fingerprint density at radius 3 is 2.86 bits per heavy atom. The second kappa shape index (κ2) is 9.30. The molecule has 0 aromatic carbocycles. The van der Waals surface area contributed by atoms with E-state index >= 15 is 0 Å². The molecule has 84 valence electrons. The van der Waals surface area contributed by atoms with E-state index in [1.54, 1.807) is 18.7 Å². The second-order valence-electron chi connectivity index (χ2n) is 2.84. The van der Waals surface area contributed by atoms with Crippen molar-refractivity contribution in [3.63, 3.8) is 0 Å². The highest BCUT2D eigenvalue weighted by molar-refractivity contribution is 7.99. The lowest BCUT2D eigenvalue weighted by Crippen LogP contribution is -2.32. The van der Waals surface area contributed by atoms with Gasteiger partial charge in [0.15, 0.2) is 0 Å². The molecule has 0 aliphatic rings.